The molecule has 0 aromatic carbocycles. The summed E-state index contributed by atoms with van der Waals surface area (Å²) in [5, 5.41) is 0. The number of aromatic nitrogens is 1. The van der Waals surface area contributed by atoms with Gasteiger partial charge in [0.2, 0.25) is 0 Å². The minimum absolute atomic E-state index is 0.0952. The maximum absolute atomic E-state index is 13.0. The maximum atomic E-state index is 13.0. The fraction of sp³-hybridized carbons (Fsp3) is 0.333. The Morgan fingerprint density at radius 2 is 2.25 bits per heavy atom. The van der Waals surface area contributed by atoms with E-state index >= 15 is 0 Å². The van der Waals surface area contributed by atoms with E-state index in [1.54, 1.807) is 29.5 Å². The third-order valence-corrected chi connectivity index (χ3v) is 2.45. The van der Waals surface area contributed by atoms with Crippen LogP contribution in [0.4, 0.5) is 13.2 Å². The summed E-state index contributed by atoms with van der Waals surface area (Å²) in [6.07, 6.45) is -3.06. The topological polar surface area (TPSA) is 39.2 Å². The van der Waals surface area contributed by atoms with Gasteiger partial charge in [-0.3, -0.25) is 0 Å². The molecule has 0 amide bonds. The van der Waals surface area contributed by atoms with Crippen LogP contribution in [0.15, 0.2) is 6.07 Å². The lowest BCUT2D eigenvalue weighted by atomic mass is 10.3. The smallest absolute Gasteiger partial charge is 0.358 e. The van der Waals surface area contributed by atoms with E-state index in [0.29, 0.717) is 0 Å². The van der Waals surface area contributed by atoms with Crippen molar-refractivity contribution in [1.82, 2.24) is 4.98 Å². The number of halogens is 4. The van der Waals surface area contributed by atoms with Gasteiger partial charge in [-0.15, -0.1) is 0 Å². The van der Waals surface area contributed by atoms with E-state index in [1.165, 1.54) is 0 Å². The van der Waals surface area contributed by atoms with E-state index in [-0.39, 0.29) is 15.9 Å². The highest BCUT2D eigenvalue weighted by Crippen LogP contribution is 2.23. The van der Waals surface area contributed by atoms with Crippen LogP contribution in [0.3, 0.4) is 0 Å². The molecule has 0 N–H and O–H groups in total. The lowest BCUT2D eigenvalue weighted by molar-refractivity contribution is 0.0516. The molecule has 0 saturated carbocycles. The highest BCUT2D eigenvalue weighted by atomic mass is 127. The van der Waals surface area contributed by atoms with Crippen molar-refractivity contribution in [2.75, 3.05) is 6.61 Å². The van der Waals surface area contributed by atoms with Gasteiger partial charge in [0.1, 0.15) is 5.69 Å². The lowest BCUT2D eigenvalue weighted by Gasteiger charge is -2.07. The molecule has 0 saturated heterocycles. The molecular weight excluding hydrogens is 338 g/mol. The van der Waals surface area contributed by atoms with Crippen molar-refractivity contribution < 1.29 is 22.7 Å². The predicted octanol–water partition coefficient (Wildman–Crippen LogP) is 2.94. The molecule has 0 aliphatic heterocycles. The fourth-order valence-electron chi connectivity index (χ4n) is 0.976. The first kappa shape index (κ1) is 13.2. The number of esters is 1. The number of nitrogens with zero attached hydrogens (tertiary/aromatic N) is 1. The van der Waals surface area contributed by atoms with Gasteiger partial charge in [-0.25, -0.2) is 22.9 Å². The van der Waals surface area contributed by atoms with E-state index in [0.717, 1.165) is 6.07 Å². The van der Waals surface area contributed by atoms with Crippen LogP contribution in [0, 0.1) is 9.39 Å². The van der Waals surface area contributed by atoms with Crippen LogP contribution in [-0.4, -0.2) is 17.6 Å². The predicted molar refractivity (Wildman–Crippen MR) is 57.8 cm³/mol. The number of pyridine rings is 1. The Labute approximate surface area is 103 Å². The summed E-state index contributed by atoms with van der Waals surface area (Å²) >= 11 is 1.63. The van der Waals surface area contributed by atoms with E-state index in [9.17, 15) is 18.0 Å². The molecule has 1 aromatic rings. The quantitative estimate of drug-likeness (QED) is 0.625. The van der Waals surface area contributed by atoms with Crippen molar-refractivity contribution in [3.8, 4) is 0 Å². The summed E-state index contributed by atoms with van der Waals surface area (Å²) in [5.41, 5.74) is -1.33. The van der Waals surface area contributed by atoms with E-state index < -0.39 is 23.9 Å². The molecule has 0 aliphatic rings. The third kappa shape index (κ3) is 2.83. The van der Waals surface area contributed by atoms with Gasteiger partial charge < -0.3 is 4.74 Å². The van der Waals surface area contributed by atoms with Gasteiger partial charge in [-0.2, -0.15) is 0 Å². The minimum Gasteiger partial charge on any atom is -0.461 e. The van der Waals surface area contributed by atoms with Gasteiger partial charge >= 0.3 is 5.97 Å². The van der Waals surface area contributed by atoms with Crippen LogP contribution in [0.5, 0.6) is 0 Å². The molecule has 0 unspecified atom stereocenters. The summed E-state index contributed by atoms with van der Waals surface area (Å²) in [5.74, 6) is -1.97. The van der Waals surface area contributed by atoms with Gasteiger partial charge in [0.15, 0.2) is 11.5 Å². The molecule has 7 heteroatoms. The molecule has 1 rings (SSSR count). The summed E-state index contributed by atoms with van der Waals surface area (Å²) < 4.78 is 42.4. The molecule has 88 valence electrons. The van der Waals surface area contributed by atoms with Crippen molar-refractivity contribution in [1.29, 1.82) is 0 Å². The van der Waals surface area contributed by atoms with E-state index in [1.807, 2.05) is 0 Å². The number of alkyl halides is 2. The largest absolute Gasteiger partial charge is 0.461 e. The Balaban J connectivity index is 3.19. The van der Waals surface area contributed by atoms with Crippen LogP contribution in [0.25, 0.3) is 0 Å². The zero-order valence-electron chi connectivity index (χ0n) is 8.14. The molecule has 0 fully saturated rings. The zero-order valence-corrected chi connectivity index (χ0v) is 10.3. The van der Waals surface area contributed by atoms with Crippen LogP contribution in [0.2, 0.25) is 0 Å². The van der Waals surface area contributed by atoms with Gasteiger partial charge in [0.05, 0.1) is 6.61 Å². The van der Waals surface area contributed by atoms with Crippen molar-refractivity contribution in [2.24, 2.45) is 0 Å². The minimum atomic E-state index is -3.06. The Morgan fingerprint density at radius 1 is 1.62 bits per heavy atom. The summed E-state index contributed by atoms with van der Waals surface area (Å²) in [6, 6.07) is 0.835. The molecule has 0 radical (unpaired) electrons. The SMILES string of the molecule is CCOC(=O)c1nc(C(F)F)c(F)cc1I. The second kappa shape index (κ2) is 5.46. The molecule has 16 heavy (non-hydrogen) atoms. The standard InChI is InChI=1S/C9H7F3INO2/c1-2-16-9(15)7-5(13)3-4(10)6(14-7)8(11)12/h3,8H,2H2,1H3. The molecule has 1 heterocycles. The third-order valence-electron chi connectivity index (χ3n) is 1.63. The number of rotatable bonds is 3. The Kier molecular flexibility index (Phi) is 4.51. The molecule has 1 aromatic heterocycles. The van der Waals surface area contributed by atoms with Crippen molar-refractivity contribution in [3.63, 3.8) is 0 Å². The van der Waals surface area contributed by atoms with Gasteiger partial charge in [0.25, 0.3) is 6.43 Å². The first-order chi connectivity index (χ1) is 7.47. The molecule has 3 nitrogen and oxygen atoms in total. The maximum Gasteiger partial charge on any atom is 0.358 e. The van der Waals surface area contributed by atoms with Crippen molar-refractivity contribution in [2.45, 2.75) is 13.3 Å². The van der Waals surface area contributed by atoms with Crippen molar-refractivity contribution in [3.05, 3.63) is 26.8 Å². The average molecular weight is 345 g/mol. The Bertz CT molecular complexity index is 412. The summed E-state index contributed by atoms with van der Waals surface area (Å²) in [7, 11) is 0. The Hall–Kier alpha value is -0.860. The van der Waals surface area contributed by atoms with E-state index in [2.05, 4.69) is 9.72 Å². The van der Waals surface area contributed by atoms with Gasteiger partial charge in [-0.1, -0.05) is 0 Å². The van der Waals surface area contributed by atoms with Crippen LogP contribution in [-0.2, 0) is 4.74 Å². The monoisotopic (exact) mass is 345 g/mol. The molecule has 0 bridgehead atoms. The molecule has 0 spiro atoms. The fourth-order valence-corrected chi connectivity index (χ4v) is 1.59. The first-order valence-corrected chi connectivity index (χ1v) is 5.36. The highest BCUT2D eigenvalue weighted by molar-refractivity contribution is 14.1. The van der Waals surface area contributed by atoms with Crippen molar-refractivity contribution >= 4 is 28.6 Å². The lowest BCUT2D eigenvalue weighted by Crippen LogP contribution is -2.12. The van der Waals surface area contributed by atoms with Crippen LogP contribution < -0.4 is 0 Å². The average Bonchev–Trinajstić information content (AvgIpc) is 2.17. The van der Waals surface area contributed by atoms with Gasteiger partial charge in [0, 0.05) is 3.57 Å². The van der Waals surface area contributed by atoms with Gasteiger partial charge in [-0.05, 0) is 35.6 Å². The van der Waals surface area contributed by atoms with Crippen LogP contribution in [0.1, 0.15) is 29.5 Å². The highest BCUT2D eigenvalue weighted by Gasteiger charge is 2.22. The number of hydrogen-bond acceptors (Lipinski definition) is 3. The summed E-state index contributed by atoms with van der Waals surface area (Å²) in [6.45, 7) is 1.67. The molecule has 0 atom stereocenters. The second-order valence-electron chi connectivity index (χ2n) is 2.71. The molecule has 0 aliphatic carbocycles. The summed E-state index contributed by atoms with van der Waals surface area (Å²) in [4.78, 5) is 14.6. The number of carbonyl (C=O) groups excluding carboxylic acids is 1. The molecular formula is C9H7F3INO2. The normalized spacial score (nSPS) is 10.6. The zero-order chi connectivity index (χ0) is 12.3. The number of hydrogen-bond donors (Lipinski definition) is 0. The van der Waals surface area contributed by atoms with Crippen LogP contribution >= 0.6 is 22.6 Å². The number of carbonyl (C=O) groups is 1. The Morgan fingerprint density at radius 3 is 2.75 bits per heavy atom. The first-order valence-electron chi connectivity index (χ1n) is 4.28. The van der Waals surface area contributed by atoms with E-state index in [4.69, 9.17) is 0 Å². The number of ether oxygens (including phenoxy) is 1. The second-order valence-corrected chi connectivity index (χ2v) is 3.87.